The fourth-order valence-electron chi connectivity index (χ4n) is 2.77. The van der Waals surface area contributed by atoms with Gasteiger partial charge in [-0.05, 0) is 43.5 Å². The van der Waals surface area contributed by atoms with Crippen molar-refractivity contribution in [1.29, 1.82) is 0 Å². The monoisotopic (exact) mass is 345 g/mol. The van der Waals surface area contributed by atoms with Crippen molar-refractivity contribution in [3.8, 4) is 0 Å². The van der Waals surface area contributed by atoms with Crippen LogP contribution in [-0.4, -0.2) is 22.2 Å². The van der Waals surface area contributed by atoms with E-state index in [1.54, 1.807) is 18.3 Å². The summed E-state index contributed by atoms with van der Waals surface area (Å²) in [5.74, 6) is 0.696. The van der Waals surface area contributed by atoms with Crippen molar-refractivity contribution < 1.29 is 14.3 Å². The van der Waals surface area contributed by atoms with Crippen LogP contribution in [0.4, 0.5) is 4.79 Å². The lowest BCUT2D eigenvalue weighted by molar-refractivity contribution is 0.129. The lowest BCUT2D eigenvalue weighted by Crippen LogP contribution is -2.44. The maximum Gasteiger partial charge on any atom is 0.315 e. The summed E-state index contributed by atoms with van der Waals surface area (Å²) in [6.07, 6.45) is 2.88. The van der Waals surface area contributed by atoms with Crippen LogP contribution in [0.5, 0.6) is 0 Å². The van der Waals surface area contributed by atoms with E-state index in [1.165, 1.54) is 6.26 Å². The van der Waals surface area contributed by atoms with E-state index < -0.39 is 6.10 Å². The summed E-state index contributed by atoms with van der Waals surface area (Å²) in [5, 5.41) is 16.0. The molecule has 136 valence electrons. The second-order valence-electron chi connectivity index (χ2n) is 6.71. The normalized spacial score (nSPS) is 14.8. The highest BCUT2D eigenvalue weighted by atomic mass is 16.4. The van der Waals surface area contributed by atoms with E-state index in [4.69, 9.17) is 4.42 Å². The third kappa shape index (κ3) is 5.32. The molecule has 2 aromatic heterocycles. The Kier molecular flexibility index (Phi) is 6.58. The van der Waals surface area contributed by atoms with Crippen LogP contribution in [0.15, 0.2) is 41.1 Å². The Hall–Kier alpha value is -2.34. The summed E-state index contributed by atoms with van der Waals surface area (Å²) >= 11 is 0. The number of aromatic nitrogens is 1. The zero-order valence-electron chi connectivity index (χ0n) is 15.2. The number of carbonyl (C=O) groups is 1. The molecule has 3 N–H and O–H groups in total. The molecule has 0 saturated heterocycles. The molecule has 0 aliphatic heterocycles. The van der Waals surface area contributed by atoms with E-state index in [-0.39, 0.29) is 24.0 Å². The van der Waals surface area contributed by atoms with Crippen molar-refractivity contribution in [3.05, 3.63) is 53.7 Å². The fourth-order valence-corrected chi connectivity index (χ4v) is 2.77. The number of hydrogen-bond acceptors (Lipinski definition) is 4. The van der Waals surface area contributed by atoms with Crippen LogP contribution in [0, 0.1) is 12.8 Å². The molecule has 0 aliphatic rings. The maximum atomic E-state index is 12.4. The second kappa shape index (κ2) is 8.67. The number of nitrogens with zero attached hydrogens (tertiary/aromatic N) is 1. The SMILES string of the molecule is Cc1cccnc1[C@H](NC(=O)N[C@H](C)C[C@H](O)c1ccco1)C(C)C. The molecule has 0 spiro atoms. The summed E-state index contributed by atoms with van der Waals surface area (Å²) in [6, 6.07) is 6.65. The zero-order valence-corrected chi connectivity index (χ0v) is 15.2. The summed E-state index contributed by atoms with van der Waals surface area (Å²) in [5.41, 5.74) is 1.92. The van der Waals surface area contributed by atoms with Gasteiger partial charge in [0.25, 0.3) is 0 Å². The van der Waals surface area contributed by atoms with Crippen molar-refractivity contribution in [2.45, 2.75) is 52.3 Å². The molecule has 25 heavy (non-hydrogen) atoms. The Bertz CT molecular complexity index is 670. The molecule has 2 amide bonds. The third-order valence-electron chi connectivity index (χ3n) is 4.12. The molecular formula is C19H27N3O3. The van der Waals surface area contributed by atoms with Crippen molar-refractivity contribution in [2.75, 3.05) is 0 Å². The third-order valence-corrected chi connectivity index (χ3v) is 4.12. The van der Waals surface area contributed by atoms with Crippen LogP contribution >= 0.6 is 0 Å². The zero-order chi connectivity index (χ0) is 18.4. The molecule has 0 fully saturated rings. The topological polar surface area (TPSA) is 87.4 Å². The molecule has 2 heterocycles. The summed E-state index contributed by atoms with van der Waals surface area (Å²) in [7, 11) is 0. The molecule has 6 heteroatoms. The molecular weight excluding hydrogens is 318 g/mol. The van der Waals surface area contributed by atoms with Crippen molar-refractivity contribution in [3.63, 3.8) is 0 Å². The fraction of sp³-hybridized carbons (Fsp3) is 0.474. The molecule has 6 nitrogen and oxygen atoms in total. The summed E-state index contributed by atoms with van der Waals surface area (Å²) < 4.78 is 5.18. The Balaban J connectivity index is 1.94. The van der Waals surface area contributed by atoms with E-state index in [2.05, 4.69) is 15.6 Å². The number of carbonyl (C=O) groups excluding carboxylic acids is 1. The van der Waals surface area contributed by atoms with Crippen LogP contribution < -0.4 is 10.6 Å². The summed E-state index contributed by atoms with van der Waals surface area (Å²) in [4.78, 5) is 16.8. The number of amides is 2. The largest absolute Gasteiger partial charge is 0.467 e. The van der Waals surface area contributed by atoms with Gasteiger partial charge in [-0.1, -0.05) is 19.9 Å². The highest BCUT2D eigenvalue weighted by Crippen LogP contribution is 2.23. The number of nitrogens with one attached hydrogen (secondary N) is 2. The average Bonchev–Trinajstić information content (AvgIpc) is 3.07. The Morgan fingerprint density at radius 1 is 1.24 bits per heavy atom. The molecule has 0 saturated carbocycles. The van der Waals surface area contributed by atoms with Crippen LogP contribution in [-0.2, 0) is 0 Å². The number of pyridine rings is 1. The van der Waals surface area contributed by atoms with E-state index in [0.717, 1.165) is 11.3 Å². The maximum absolute atomic E-state index is 12.4. The minimum Gasteiger partial charge on any atom is -0.467 e. The molecule has 0 aliphatic carbocycles. The lowest BCUT2D eigenvalue weighted by atomic mass is 9.97. The minimum atomic E-state index is -0.746. The highest BCUT2D eigenvalue weighted by Gasteiger charge is 2.22. The first-order chi connectivity index (χ1) is 11.9. The van der Waals surface area contributed by atoms with Gasteiger partial charge in [0, 0.05) is 18.7 Å². The van der Waals surface area contributed by atoms with Crippen molar-refractivity contribution >= 4 is 6.03 Å². The number of aliphatic hydroxyl groups excluding tert-OH is 1. The van der Waals surface area contributed by atoms with Crippen LogP contribution in [0.3, 0.4) is 0 Å². The standard InChI is InChI=1S/C19H27N3O3/c1-12(2)17(18-13(3)7-5-9-20-18)22-19(24)21-14(4)11-15(23)16-8-6-10-25-16/h5-10,12,14-15,17,23H,11H2,1-4H3,(H2,21,22,24)/t14-,15+,17-/m1/s1. The van der Waals surface area contributed by atoms with Gasteiger partial charge in [-0.15, -0.1) is 0 Å². The van der Waals surface area contributed by atoms with Gasteiger partial charge in [-0.25, -0.2) is 4.79 Å². The summed E-state index contributed by atoms with van der Waals surface area (Å²) in [6.45, 7) is 7.92. The first-order valence-corrected chi connectivity index (χ1v) is 8.58. The van der Waals surface area contributed by atoms with E-state index in [1.807, 2.05) is 39.8 Å². The van der Waals surface area contributed by atoms with Gasteiger partial charge in [0.2, 0.25) is 0 Å². The Labute approximate surface area is 148 Å². The van der Waals surface area contributed by atoms with E-state index in [0.29, 0.717) is 12.2 Å². The quantitative estimate of drug-likeness (QED) is 0.717. The average molecular weight is 345 g/mol. The molecule has 0 bridgehead atoms. The van der Waals surface area contributed by atoms with Crippen molar-refractivity contribution in [1.82, 2.24) is 15.6 Å². The smallest absolute Gasteiger partial charge is 0.315 e. The van der Waals surface area contributed by atoms with Gasteiger partial charge in [-0.3, -0.25) is 4.98 Å². The second-order valence-corrected chi connectivity index (χ2v) is 6.71. The van der Waals surface area contributed by atoms with E-state index >= 15 is 0 Å². The molecule has 0 radical (unpaired) electrons. The molecule has 3 atom stereocenters. The van der Waals surface area contributed by atoms with Crippen molar-refractivity contribution in [2.24, 2.45) is 5.92 Å². The predicted octanol–water partition coefficient (Wildman–Crippen LogP) is 3.49. The number of rotatable bonds is 7. The van der Waals surface area contributed by atoms with E-state index in [9.17, 15) is 9.90 Å². The molecule has 2 aromatic rings. The number of aryl methyl sites for hydroxylation is 1. The molecule has 2 rings (SSSR count). The minimum absolute atomic E-state index is 0.177. The number of hydrogen-bond donors (Lipinski definition) is 3. The van der Waals surface area contributed by atoms with Gasteiger partial charge in [0.15, 0.2) is 0 Å². The lowest BCUT2D eigenvalue weighted by Gasteiger charge is -2.25. The van der Waals surface area contributed by atoms with Crippen LogP contribution in [0.2, 0.25) is 0 Å². The number of furan rings is 1. The predicted molar refractivity (Wildman–Crippen MR) is 96.0 cm³/mol. The Morgan fingerprint density at radius 2 is 2.00 bits per heavy atom. The Morgan fingerprint density at radius 3 is 2.60 bits per heavy atom. The number of urea groups is 1. The van der Waals surface area contributed by atoms with Crippen LogP contribution in [0.25, 0.3) is 0 Å². The van der Waals surface area contributed by atoms with Crippen LogP contribution in [0.1, 0.15) is 56.4 Å². The number of aliphatic hydroxyl groups is 1. The van der Waals surface area contributed by atoms with Gasteiger partial charge in [0.05, 0.1) is 18.0 Å². The van der Waals surface area contributed by atoms with Gasteiger partial charge in [-0.2, -0.15) is 0 Å². The van der Waals surface area contributed by atoms with Gasteiger partial charge in [0.1, 0.15) is 11.9 Å². The molecule has 0 unspecified atom stereocenters. The first-order valence-electron chi connectivity index (χ1n) is 8.58. The first kappa shape index (κ1) is 19.0. The van der Waals surface area contributed by atoms with Gasteiger partial charge >= 0.3 is 6.03 Å². The van der Waals surface area contributed by atoms with Gasteiger partial charge < -0.3 is 20.2 Å². The highest BCUT2D eigenvalue weighted by molar-refractivity contribution is 5.74. The molecule has 0 aromatic carbocycles.